The molecule has 0 radical (unpaired) electrons. The molecule has 8 nitrogen and oxygen atoms in total. The van der Waals surface area contributed by atoms with E-state index in [1.165, 1.54) is 11.8 Å². The van der Waals surface area contributed by atoms with Gasteiger partial charge in [0.15, 0.2) is 11.8 Å². The lowest BCUT2D eigenvalue weighted by Crippen LogP contribution is -2.33. The number of carbonyl (C=O) groups is 2. The Labute approximate surface area is 199 Å². The van der Waals surface area contributed by atoms with Gasteiger partial charge in [-0.05, 0) is 35.4 Å². The first kappa shape index (κ1) is 22.9. The van der Waals surface area contributed by atoms with Crippen LogP contribution in [0.1, 0.15) is 29.0 Å². The highest BCUT2D eigenvalue weighted by molar-refractivity contribution is 7.98. The van der Waals surface area contributed by atoms with Crippen molar-refractivity contribution in [3.8, 4) is 5.75 Å². The Morgan fingerprint density at radius 1 is 1.21 bits per heavy atom. The third kappa shape index (κ3) is 5.20. The van der Waals surface area contributed by atoms with Crippen LogP contribution in [0.3, 0.4) is 0 Å². The number of rotatable bonds is 7. The van der Waals surface area contributed by atoms with E-state index in [0.717, 1.165) is 11.1 Å². The Kier molecular flexibility index (Phi) is 6.71. The minimum atomic E-state index is -0.573. The summed E-state index contributed by atoms with van der Waals surface area (Å²) in [4.78, 5) is 40.7. The number of primary amides is 1. The van der Waals surface area contributed by atoms with Gasteiger partial charge in [0.1, 0.15) is 11.6 Å². The number of amides is 2. The molecular weight excluding hydrogens is 464 g/mol. The molecule has 1 atom stereocenters. The van der Waals surface area contributed by atoms with Crippen molar-refractivity contribution in [2.24, 2.45) is 12.8 Å². The molecule has 3 N–H and O–H groups in total. The fraction of sp³-hybridized carbons (Fsp3) is 0.217. The lowest BCUT2D eigenvalue weighted by Gasteiger charge is -2.27. The molecule has 4 rings (SSSR count). The van der Waals surface area contributed by atoms with Crippen LogP contribution in [0.15, 0.2) is 58.5 Å². The molecule has 3 aromatic rings. The zero-order valence-corrected chi connectivity index (χ0v) is 19.3. The first-order valence-corrected chi connectivity index (χ1v) is 11.5. The number of fused-ring (bicyclic) bond motifs is 1. The number of benzene rings is 2. The fourth-order valence-corrected chi connectivity index (χ4v) is 4.68. The summed E-state index contributed by atoms with van der Waals surface area (Å²) in [6.45, 7) is -0.227. The zero-order valence-electron chi connectivity index (χ0n) is 17.7. The van der Waals surface area contributed by atoms with E-state index in [-0.39, 0.29) is 24.5 Å². The van der Waals surface area contributed by atoms with Gasteiger partial charge in [-0.25, -0.2) is 0 Å². The monoisotopic (exact) mass is 484 g/mol. The van der Waals surface area contributed by atoms with Gasteiger partial charge in [-0.3, -0.25) is 14.4 Å². The molecule has 2 aromatic carbocycles. The van der Waals surface area contributed by atoms with Gasteiger partial charge in [0.25, 0.3) is 11.5 Å². The van der Waals surface area contributed by atoms with E-state index in [2.05, 4.69) is 10.3 Å². The molecule has 0 spiro atoms. The first-order chi connectivity index (χ1) is 15.8. The van der Waals surface area contributed by atoms with Gasteiger partial charge in [0.05, 0.1) is 5.56 Å². The van der Waals surface area contributed by atoms with Gasteiger partial charge >= 0.3 is 0 Å². The topological polar surface area (TPSA) is 116 Å². The summed E-state index contributed by atoms with van der Waals surface area (Å²) in [6, 6.07) is 14.4. The van der Waals surface area contributed by atoms with E-state index >= 15 is 0 Å². The number of anilines is 1. The van der Waals surface area contributed by atoms with E-state index in [4.69, 9.17) is 22.1 Å². The Morgan fingerprint density at radius 3 is 2.58 bits per heavy atom. The maximum Gasteiger partial charge on any atom is 0.279 e. The van der Waals surface area contributed by atoms with Crippen LogP contribution in [0.25, 0.3) is 0 Å². The summed E-state index contributed by atoms with van der Waals surface area (Å²) >= 11 is 7.34. The summed E-state index contributed by atoms with van der Waals surface area (Å²) in [5.41, 5.74) is 6.98. The van der Waals surface area contributed by atoms with Crippen molar-refractivity contribution in [3.63, 3.8) is 0 Å². The lowest BCUT2D eigenvalue weighted by atomic mass is 9.87. The third-order valence-electron chi connectivity index (χ3n) is 5.25. The van der Waals surface area contributed by atoms with Crippen molar-refractivity contribution in [2.75, 3.05) is 11.9 Å². The van der Waals surface area contributed by atoms with Crippen molar-refractivity contribution in [2.45, 2.75) is 23.2 Å². The van der Waals surface area contributed by atoms with Gasteiger partial charge in [-0.15, -0.1) is 0 Å². The first-order valence-electron chi connectivity index (χ1n) is 10.1. The zero-order chi connectivity index (χ0) is 23.5. The number of hydrogen-bond acceptors (Lipinski definition) is 6. The SMILES string of the molecule is Cn1c(SCc2ccc(Cl)cc2)nc(=O)c2c1NC(=O)C[C@H]2c1ccc(OCC(N)=O)cc1. The summed E-state index contributed by atoms with van der Waals surface area (Å²) in [7, 11) is 1.78. The van der Waals surface area contributed by atoms with E-state index in [9.17, 15) is 14.4 Å². The largest absolute Gasteiger partial charge is 0.484 e. The van der Waals surface area contributed by atoms with Crippen LogP contribution >= 0.6 is 23.4 Å². The van der Waals surface area contributed by atoms with Crippen LogP contribution in [-0.4, -0.2) is 28.0 Å². The summed E-state index contributed by atoms with van der Waals surface area (Å²) in [5, 5.41) is 4.00. The summed E-state index contributed by atoms with van der Waals surface area (Å²) in [6.07, 6.45) is 0.128. The molecular formula is C23H21ClN4O4S. The molecule has 2 heterocycles. The van der Waals surface area contributed by atoms with Crippen LogP contribution < -0.4 is 21.3 Å². The van der Waals surface area contributed by atoms with Gasteiger partial charge in [0, 0.05) is 30.2 Å². The van der Waals surface area contributed by atoms with E-state index in [1.807, 2.05) is 24.3 Å². The highest BCUT2D eigenvalue weighted by Gasteiger charge is 2.32. The molecule has 0 bridgehead atoms. The Hall–Kier alpha value is -3.30. The predicted molar refractivity (Wildman–Crippen MR) is 127 cm³/mol. The fourth-order valence-electron chi connectivity index (χ4n) is 3.63. The van der Waals surface area contributed by atoms with E-state index in [1.54, 1.807) is 35.9 Å². The van der Waals surface area contributed by atoms with Crippen molar-refractivity contribution in [1.82, 2.24) is 9.55 Å². The second-order valence-electron chi connectivity index (χ2n) is 7.56. The number of ether oxygens (including phenoxy) is 1. The number of nitrogens with zero attached hydrogens (tertiary/aromatic N) is 2. The van der Waals surface area contributed by atoms with Gasteiger partial charge in [-0.1, -0.05) is 47.6 Å². The maximum atomic E-state index is 13.0. The summed E-state index contributed by atoms with van der Waals surface area (Å²) in [5.74, 6) is 0.315. The number of thioether (sulfide) groups is 1. The maximum absolute atomic E-state index is 13.0. The van der Waals surface area contributed by atoms with Gasteiger partial charge in [0.2, 0.25) is 5.91 Å². The Balaban J connectivity index is 1.62. The van der Waals surface area contributed by atoms with Gasteiger partial charge < -0.3 is 20.4 Å². The van der Waals surface area contributed by atoms with Crippen LogP contribution in [-0.2, 0) is 22.4 Å². The molecule has 33 heavy (non-hydrogen) atoms. The highest BCUT2D eigenvalue weighted by Crippen LogP contribution is 2.36. The minimum absolute atomic E-state index is 0.128. The highest BCUT2D eigenvalue weighted by atomic mass is 35.5. The van der Waals surface area contributed by atoms with E-state index < -0.39 is 11.8 Å². The van der Waals surface area contributed by atoms with Crippen molar-refractivity contribution >= 4 is 41.0 Å². The average molecular weight is 485 g/mol. The van der Waals surface area contributed by atoms with Crippen LogP contribution in [0, 0.1) is 0 Å². The second-order valence-corrected chi connectivity index (χ2v) is 8.94. The van der Waals surface area contributed by atoms with Crippen molar-refractivity contribution in [1.29, 1.82) is 0 Å². The lowest BCUT2D eigenvalue weighted by molar-refractivity contribution is -0.120. The quantitative estimate of drug-likeness (QED) is 0.393. The number of aromatic nitrogens is 2. The normalized spacial score (nSPS) is 15.0. The molecule has 0 unspecified atom stereocenters. The molecule has 170 valence electrons. The number of halogens is 1. The molecule has 2 amide bonds. The molecule has 0 saturated carbocycles. The third-order valence-corrected chi connectivity index (χ3v) is 6.60. The standard InChI is InChI=1S/C23H21ClN4O4S/c1-28-21-20(22(31)27-23(28)33-12-13-2-6-15(24)7-3-13)17(10-19(30)26-21)14-4-8-16(9-5-14)32-11-18(25)29/h2-9,17H,10-12H2,1H3,(H2,25,29)(H,26,30)/t17-/m0/s1. The molecule has 1 aliphatic rings. The van der Waals surface area contributed by atoms with Crippen LogP contribution in [0.5, 0.6) is 5.75 Å². The molecule has 1 aromatic heterocycles. The summed E-state index contributed by atoms with van der Waals surface area (Å²) < 4.78 is 7.03. The average Bonchev–Trinajstić information content (AvgIpc) is 2.80. The van der Waals surface area contributed by atoms with E-state index in [0.29, 0.717) is 33.1 Å². The van der Waals surface area contributed by atoms with Crippen molar-refractivity contribution in [3.05, 3.63) is 80.6 Å². The number of nitrogens with two attached hydrogens (primary N) is 1. The minimum Gasteiger partial charge on any atom is -0.484 e. The molecule has 1 aliphatic heterocycles. The number of hydrogen-bond donors (Lipinski definition) is 2. The molecule has 0 fully saturated rings. The van der Waals surface area contributed by atoms with Gasteiger partial charge in [-0.2, -0.15) is 4.98 Å². The van der Waals surface area contributed by atoms with Crippen LogP contribution in [0.2, 0.25) is 5.02 Å². The van der Waals surface area contributed by atoms with Crippen LogP contribution in [0.4, 0.5) is 5.82 Å². The molecule has 10 heteroatoms. The predicted octanol–water partition coefficient (Wildman–Crippen LogP) is 3.06. The Morgan fingerprint density at radius 2 is 1.91 bits per heavy atom. The molecule has 0 saturated heterocycles. The number of nitrogens with one attached hydrogen (secondary N) is 1. The smallest absolute Gasteiger partial charge is 0.279 e. The van der Waals surface area contributed by atoms with Crippen molar-refractivity contribution < 1.29 is 14.3 Å². The Bertz CT molecular complexity index is 1260. The second kappa shape index (κ2) is 9.68. The number of carbonyl (C=O) groups excluding carboxylic acids is 2. The molecule has 0 aliphatic carbocycles.